The second kappa shape index (κ2) is 9.52. The molecule has 1 aliphatic heterocycles. The SMILES string of the molecule is CCCC(=O)Oc1c(Br)cc(/C=C2\N=C(c3ccc(C)c([N+](=O)[O-])c3)OC2=O)cc1Br. The third-order valence-electron chi connectivity index (χ3n) is 4.27. The number of halogens is 2. The summed E-state index contributed by atoms with van der Waals surface area (Å²) in [5, 5.41) is 11.2. The van der Waals surface area contributed by atoms with Crippen molar-refractivity contribution in [1.82, 2.24) is 0 Å². The number of aryl methyl sites for hydroxylation is 1. The lowest BCUT2D eigenvalue weighted by atomic mass is 10.1. The van der Waals surface area contributed by atoms with E-state index in [0.29, 0.717) is 44.2 Å². The van der Waals surface area contributed by atoms with E-state index in [4.69, 9.17) is 9.47 Å². The number of nitro benzene ring substituents is 1. The van der Waals surface area contributed by atoms with Crippen LogP contribution in [0.15, 0.2) is 50.0 Å². The molecule has 0 amide bonds. The Morgan fingerprint density at radius 2 is 1.94 bits per heavy atom. The second-order valence-electron chi connectivity index (χ2n) is 6.63. The summed E-state index contributed by atoms with van der Waals surface area (Å²) in [6.45, 7) is 3.50. The smallest absolute Gasteiger partial charge is 0.363 e. The number of nitro groups is 1. The maximum Gasteiger partial charge on any atom is 0.363 e. The van der Waals surface area contributed by atoms with E-state index in [2.05, 4.69) is 36.9 Å². The van der Waals surface area contributed by atoms with Crippen molar-refractivity contribution in [2.75, 3.05) is 0 Å². The number of benzene rings is 2. The number of cyclic esters (lactones) is 1. The zero-order valence-electron chi connectivity index (χ0n) is 16.5. The Bertz CT molecular complexity index is 1130. The van der Waals surface area contributed by atoms with Crippen molar-refractivity contribution in [3.8, 4) is 5.75 Å². The number of hydrogen-bond donors (Lipinski definition) is 0. The van der Waals surface area contributed by atoms with E-state index in [-0.39, 0.29) is 23.3 Å². The van der Waals surface area contributed by atoms with Gasteiger partial charge in [-0.25, -0.2) is 9.79 Å². The van der Waals surface area contributed by atoms with E-state index in [0.717, 1.165) is 0 Å². The number of carbonyl (C=O) groups is 2. The lowest BCUT2D eigenvalue weighted by molar-refractivity contribution is -0.385. The van der Waals surface area contributed by atoms with Crippen LogP contribution in [0, 0.1) is 17.0 Å². The number of esters is 2. The Kier molecular flexibility index (Phi) is 7.01. The molecule has 2 aromatic rings. The fraction of sp³-hybridized carbons (Fsp3) is 0.190. The molecule has 1 heterocycles. The second-order valence-corrected chi connectivity index (χ2v) is 8.34. The number of hydrogen-bond acceptors (Lipinski definition) is 7. The van der Waals surface area contributed by atoms with Crippen LogP contribution in [0.4, 0.5) is 5.69 Å². The normalized spacial score (nSPS) is 14.4. The van der Waals surface area contributed by atoms with Gasteiger partial charge in [0.1, 0.15) is 0 Å². The largest absolute Gasteiger partial charge is 0.424 e. The zero-order chi connectivity index (χ0) is 22.7. The summed E-state index contributed by atoms with van der Waals surface area (Å²) in [7, 11) is 0. The highest BCUT2D eigenvalue weighted by atomic mass is 79.9. The molecule has 0 atom stereocenters. The van der Waals surface area contributed by atoms with Crippen molar-refractivity contribution < 1.29 is 24.0 Å². The lowest BCUT2D eigenvalue weighted by Gasteiger charge is -2.09. The highest BCUT2D eigenvalue weighted by molar-refractivity contribution is 9.11. The van der Waals surface area contributed by atoms with Gasteiger partial charge in [-0.1, -0.05) is 13.0 Å². The van der Waals surface area contributed by atoms with Crippen molar-refractivity contribution >= 4 is 61.5 Å². The quantitative estimate of drug-likeness (QED) is 0.155. The maximum absolute atomic E-state index is 12.3. The Morgan fingerprint density at radius 3 is 2.55 bits per heavy atom. The first kappa shape index (κ1) is 22.8. The van der Waals surface area contributed by atoms with Crippen molar-refractivity contribution in [3.63, 3.8) is 0 Å². The number of ether oxygens (including phenoxy) is 2. The van der Waals surface area contributed by atoms with Gasteiger partial charge in [0.25, 0.3) is 5.69 Å². The predicted molar refractivity (Wildman–Crippen MR) is 121 cm³/mol. The van der Waals surface area contributed by atoms with Crippen molar-refractivity contribution in [2.24, 2.45) is 4.99 Å². The van der Waals surface area contributed by atoms with Crippen molar-refractivity contribution in [3.05, 3.63) is 71.8 Å². The predicted octanol–water partition coefficient (Wildman–Crippen LogP) is 5.48. The molecule has 0 radical (unpaired) electrons. The topological polar surface area (TPSA) is 108 Å². The molecule has 0 bridgehead atoms. The van der Waals surface area contributed by atoms with E-state index in [9.17, 15) is 19.7 Å². The number of aliphatic imine (C=N–C) groups is 1. The third-order valence-corrected chi connectivity index (χ3v) is 5.45. The summed E-state index contributed by atoms with van der Waals surface area (Å²) in [6, 6.07) is 7.83. The monoisotopic (exact) mass is 550 g/mol. The van der Waals surface area contributed by atoms with Gasteiger partial charge in [0.05, 0.1) is 13.9 Å². The summed E-state index contributed by atoms with van der Waals surface area (Å²) in [4.78, 5) is 38.9. The van der Waals surface area contributed by atoms with Crippen LogP contribution in [0.25, 0.3) is 6.08 Å². The fourth-order valence-electron chi connectivity index (χ4n) is 2.76. The van der Waals surface area contributed by atoms with E-state index in [1.165, 1.54) is 12.1 Å². The van der Waals surface area contributed by atoms with E-state index < -0.39 is 10.9 Å². The molecular formula is C21H16Br2N2O6. The van der Waals surface area contributed by atoms with Crippen LogP contribution in [0.2, 0.25) is 0 Å². The van der Waals surface area contributed by atoms with Gasteiger partial charge in [-0.2, -0.15) is 0 Å². The van der Waals surface area contributed by atoms with Crippen LogP contribution in [0.5, 0.6) is 5.75 Å². The minimum absolute atomic E-state index is 0.0115. The van der Waals surface area contributed by atoms with Gasteiger partial charge in [-0.05, 0) is 75.0 Å². The minimum atomic E-state index is -0.677. The minimum Gasteiger partial charge on any atom is -0.424 e. The standard InChI is InChI=1S/C21H16Br2N2O6/c1-3-4-18(26)30-19-14(22)7-12(8-15(19)23)9-16-21(27)31-20(24-16)13-6-5-11(2)17(10-13)25(28)29/h5-10H,3-4H2,1-2H3/b16-9-. The van der Waals surface area contributed by atoms with Crippen LogP contribution in [0.3, 0.4) is 0 Å². The van der Waals surface area contributed by atoms with Crippen LogP contribution in [-0.2, 0) is 14.3 Å². The van der Waals surface area contributed by atoms with Crippen molar-refractivity contribution in [2.45, 2.75) is 26.7 Å². The molecule has 2 aromatic carbocycles. The molecule has 0 aromatic heterocycles. The lowest BCUT2D eigenvalue weighted by Crippen LogP contribution is -2.08. The Labute approximate surface area is 194 Å². The summed E-state index contributed by atoms with van der Waals surface area (Å²) in [6.07, 6.45) is 2.47. The molecule has 0 saturated heterocycles. The summed E-state index contributed by atoms with van der Waals surface area (Å²) in [5.74, 6) is -0.701. The van der Waals surface area contributed by atoms with Gasteiger partial charge in [0.15, 0.2) is 11.4 Å². The van der Waals surface area contributed by atoms with Gasteiger partial charge >= 0.3 is 11.9 Å². The number of carbonyl (C=O) groups excluding carboxylic acids is 2. The molecule has 0 saturated carbocycles. The van der Waals surface area contributed by atoms with E-state index in [1.54, 1.807) is 31.2 Å². The highest BCUT2D eigenvalue weighted by Gasteiger charge is 2.26. The molecule has 3 rings (SSSR count). The molecule has 0 unspecified atom stereocenters. The van der Waals surface area contributed by atoms with Gasteiger partial charge < -0.3 is 9.47 Å². The summed E-state index contributed by atoms with van der Waals surface area (Å²) >= 11 is 6.73. The summed E-state index contributed by atoms with van der Waals surface area (Å²) in [5.41, 5.74) is 1.36. The first-order valence-corrected chi connectivity index (χ1v) is 10.8. The van der Waals surface area contributed by atoms with E-state index >= 15 is 0 Å². The first-order chi connectivity index (χ1) is 14.7. The van der Waals surface area contributed by atoms with Crippen LogP contribution in [-0.4, -0.2) is 22.8 Å². The summed E-state index contributed by atoms with van der Waals surface area (Å²) < 4.78 is 11.6. The molecule has 10 heteroatoms. The van der Waals surface area contributed by atoms with Gasteiger partial charge in [-0.15, -0.1) is 0 Å². The van der Waals surface area contributed by atoms with Gasteiger partial charge in [-0.3, -0.25) is 14.9 Å². The molecule has 160 valence electrons. The zero-order valence-corrected chi connectivity index (χ0v) is 19.7. The molecule has 0 spiro atoms. The Balaban J connectivity index is 1.91. The van der Waals surface area contributed by atoms with Gasteiger partial charge in [0, 0.05) is 23.6 Å². The van der Waals surface area contributed by atoms with E-state index in [1.807, 2.05) is 6.92 Å². The average Bonchev–Trinajstić information content (AvgIpc) is 3.05. The third kappa shape index (κ3) is 5.26. The fourth-order valence-corrected chi connectivity index (χ4v) is 4.14. The molecule has 0 N–H and O–H groups in total. The van der Waals surface area contributed by atoms with Crippen LogP contribution < -0.4 is 4.74 Å². The number of rotatable bonds is 6. The van der Waals surface area contributed by atoms with Crippen LogP contribution >= 0.6 is 31.9 Å². The molecule has 0 aliphatic carbocycles. The molecule has 31 heavy (non-hydrogen) atoms. The highest BCUT2D eigenvalue weighted by Crippen LogP contribution is 2.36. The Hall–Kier alpha value is -2.85. The molecule has 8 nitrogen and oxygen atoms in total. The average molecular weight is 552 g/mol. The van der Waals surface area contributed by atoms with Crippen LogP contribution in [0.1, 0.15) is 36.5 Å². The first-order valence-electron chi connectivity index (χ1n) is 9.17. The number of nitrogens with zero attached hydrogens (tertiary/aromatic N) is 2. The van der Waals surface area contributed by atoms with Gasteiger partial charge in [0.2, 0.25) is 5.90 Å². The van der Waals surface area contributed by atoms with Crippen molar-refractivity contribution in [1.29, 1.82) is 0 Å². The molecule has 0 fully saturated rings. The Morgan fingerprint density at radius 1 is 1.26 bits per heavy atom. The molecule has 1 aliphatic rings. The maximum atomic E-state index is 12.3. The molecular weight excluding hydrogens is 536 g/mol.